The minimum absolute atomic E-state index is 0.183. The smallest absolute Gasteiger partial charge is 0.251 e. The van der Waals surface area contributed by atoms with Crippen molar-refractivity contribution in [2.24, 2.45) is 0 Å². The van der Waals surface area contributed by atoms with Gasteiger partial charge in [-0.25, -0.2) is 8.42 Å². The first-order chi connectivity index (χ1) is 12.5. The molecule has 2 rings (SSSR count). The second-order valence-corrected chi connectivity index (χ2v) is 7.63. The molecule has 2 aromatic carbocycles. The Kier molecular flexibility index (Phi) is 7.32. The molecule has 6 nitrogen and oxygen atoms in total. The predicted molar refractivity (Wildman–Crippen MR) is 100 cm³/mol. The molecule has 2 aromatic rings. The summed E-state index contributed by atoms with van der Waals surface area (Å²) < 4.78 is 31.8. The molecule has 0 aliphatic heterocycles. The van der Waals surface area contributed by atoms with Crippen molar-refractivity contribution in [1.29, 1.82) is 0 Å². The quantitative estimate of drug-likeness (QED) is 0.681. The third-order valence-electron chi connectivity index (χ3n) is 3.90. The zero-order valence-electron chi connectivity index (χ0n) is 15.0. The molecule has 26 heavy (non-hydrogen) atoms. The van der Waals surface area contributed by atoms with E-state index >= 15 is 0 Å². The summed E-state index contributed by atoms with van der Waals surface area (Å²) in [6, 6.07) is 15.3. The van der Waals surface area contributed by atoms with Crippen molar-refractivity contribution in [3.63, 3.8) is 0 Å². The number of hydrogen-bond donors (Lipinski definition) is 1. The van der Waals surface area contributed by atoms with Crippen LogP contribution in [0.15, 0.2) is 59.5 Å². The lowest BCUT2D eigenvalue weighted by atomic mass is 10.1. The van der Waals surface area contributed by atoms with E-state index in [1.807, 2.05) is 0 Å². The van der Waals surface area contributed by atoms with Crippen LogP contribution in [0.1, 0.15) is 22.8 Å². The first kappa shape index (κ1) is 20.1. The van der Waals surface area contributed by atoms with E-state index in [1.54, 1.807) is 68.6 Å². The minimum Gasteiger partial charge on any atom is -0.383 e. The summed E-state index contributed by atoms with van der Waals surface area (Å²) in [5, 5.41) is 2.75. The molecule has 1 N–H and O–H groups in total. The molecule has 0 aromatic heterocycles. The maximum absolute atomic E-state index is 12.7. The topological polar surface area (TPSA) is 75.7 Å². The van der Waals surface area contributed by atoms with Crippen LogP contribution >= 0.6 is 0 Å². The van der Waals surface area contributed by atoms with E-state index < -0.39 is 10.0 Å². The summed E-state index contributed by atoms with van der Waals surface area (Å²) in [4.78, 5) is 12.3. The second-order valence-electron chi connectivity index (χ2n) is 5.69. The molecule has 0 aliphatic rings. The second kappa shape index (κ2) is 9.47. The summed E-state index contributed by atoms with van der Waals surface area (Å²) in [6.07, 6.45) is 0. The van der Waals surface area contributed by atoms with Crippen molar-refractivity contribution in [3.8, 4) is 0 Å². The molecule has 0 saturated heterocycles. The van der Waals surface area contributed by atoms with Gasteiger partial charge in [-0.15, -0.1) is 0 Å². The molecule has 0 aliphatic carbocycles. The Morgan fingerprint density at radius 1 is 1.08 bits per heavy atom. The number of carbonyl (C=O) groups is 1. The molecule has 1 amide bonds. The number of amides is 1. The van der Waals surface area contributed by atoms with Crippen molar-refractivity contribution >= 4 is 15.9 Å². The highest BCUT2D eigenvalue weighted by atomic mass is 32.2. The minimum atomic E-state index is -3.55. The maximum atomic E-state index is 12.7. The molecule has 0 saturated carbocycles. The maximum Gasteiger partial charge on any atom is 0.251 e. The zero-order valence-corrected chi connectivity index (χ0v) is 15.8. The van der Waals surface area contributed by atoms with Crippen molar-refractivity contribution in [3.05, 3.63) is 65.7 Å². The average molecular weight is 376 g/mol. The summed E-state index contributed by atoms with van der Waals surface area (Å²) in [5.41, 5.74) is 1.35. The van der Waals surface area contributed by atoms with Gasteiger partial charge >= 0.3 is 0 Å². The van der Waals surface area contributed by atoms with Crippen molar-refractivity contribution in [2.45, 2.75) is 18.4 Å². The first-order valence-electron chi connectivity index (χ1n) is 8.40. The van der Waals surface area contributed by atoms with Crippen LogP contribution in [0, 0.1) is 0 Å². The highest BCUT2D eigenvalue weighted by Crippen LogP contribution is 2.18. The molecule has 7 heteroatoms. The van der Waals surface area contributed by atoms with E-state index in [-0.39, 0.29) is 17.3 Å². The average Bonchev–Trinajstić information content (AvgIpc) is 2.67. The third kappa shape index (κ3) is 5.14. The van der Waals surface area contributed by atoms with Gasteiger partial charge in [0.15, 0.2) is 0 Å². The van der Waals surface area contributed by atoms with Crippen molar-refractivity contribution in [2.75, 3.05) is 26.8 Å². The number of rotatable bonds is 9. The fourth-order valence-electron chi connectivity index (χ4n) is 2.44. The van der Waals surface area contributed by atoms with Crippen molar-refractivity contribution < 1.29 is 17.9 Å². The number of nitrogens with one attached hydrogen (secondary N) is 1. The van der Waals surface area contributed by atoms with E-state index in [1.165, 1.54) is 4.31 Å². The molecule has 0 unspecified atom stereocenters. The van der Waals surface area contributed by atoms with Gasteiger partial charge in [0.05, 0.1) is 11.5 Å². The fraction of sp³-hybridized carbons (Fsp3) is 0.316. The molecule has 0 atom stereocenters. The normalized spacial score (nSPS) is 11.5. The van der Waals surface area contributed by atoms with Crippen molar-refractivity contribution in [1.82, 2.24) is 9.62 Å². The van der Waals surface area contributed by atoms with Crippen LogP contribution in [-0.2, 0) is 21.3 Å². The molecular formula is C19H24N2O4S. The highest BCUT2D eigenvalue weighted by molar-refractivity contribution is 7.89. The lowest BCUT2D eigenvalue weighted by molar-refractivity contribution is 0.0937. The van der Waals surface area contributed by atoms with E-state index in [9.17, 15) is 13.2 Å². The van der Waals surface area contributed by atoms with Gasteiger partial charge in [-0.3, -0.25) is 4.79 Å². The molecule has 0 spiro atoms. The van der Waals surface area contributed by atoms with Gasteiger partial charge in [0.1, 0.15) is 0 Å². The Hall–Kier alpha value is -2.22. The molecule has 0 bridgehead atoms. The van der Waals surface area contributed by atoms with Crippen LogP contribution < -0.4 is 5.32 Å². The Balaban J connectivity index is 2.08. The Morgan fingerprint density at radius 2 is 1.73 bits per heavy atom. The monoisotopic (exact) mass is 376 g/mol. The van der Waals surface area contributed by atoms with Crippen LogP contribution in [0.3, 0.4) is 0 Å². The van der Waals surface area contributed by atoms with E-state index in [2.05, 4.69) is 5.32 Å². The summed E-state index contributed by atoms with van der Waals surface area (Å²) in [7, 11) is -1.98. The zero-order chi connectivity index (χ0) is 19.0. The van der Waals surface area contributed by atoms with Gasteiger partial charge in [-0.1, -0.05) is 37.3 Å². The van der Waals surface area contributed by atoms with Gasteiger partial charge in [0, 0.05) is 32.3 Å². The number of sulfonamides is 1. The summed E-state index contributed by atoms with van der Waals surface area (Å²) in [6.45, 7) is 3.30. The largest absolute Gasteiger partial charge is 0.383 e. The number of carbonyl (C=O) groups excluding carboxylic acids is 1. The standard InChI is InChI=1S/C19H24N2O4S/c1-3-21(26(23,24)18-7-5-4-6-8-18)15-16-9-11-17(12-10-16)19(22)20-13-14-25-2/h4-12H,3,13-15H2,1-2H3,(H,20,22). The number of benzene rings is 2. The molecule has 140 valence electrons. The van der Waals surface area contributed by atoms with Gasteiger partial charge < -0.3 is 10.1 Å². The predicted octanol–water partition coefficient (Wildman–Crippen LogP) is 2.27. The van der Waals surface area contributed by atoms with Gasteiger partial charge in [0.2, 0.25) is 10.0 Å². The number of hydrogen-bond acceptors (Lipinski definition) is 4. The third-order valence-corrected chi connectivity index (χ3v) is 5.84. The van der Waals surface area contributed by atoms with Crippen LogP contribution in [0.2, 0.25) is 0 Å². The van der Waals surface area contributed by atoms with Crippen LogP contribution in [0.5, 0.6) is 0 Å². The fourth-order valence-corrected chi connectivity index (χ4v) is 3.90. The van der Waals surface area contributed by atoms with Crippen LogP contribution in [-0.4, -0.2) is 45.4 Å². The Bertz CT molecular complexity index is 805. The number of ether oxygens (including phenoxy) is 1. The lowest BCUT2D eigenvalue weighted by Crippen LogP contribution is -2.30. The first-order valence-corrected chi connectivity index (χ1v) is 9.84. The summed E-state index contributed by atoms with van der Waals surface area (Å²) >= 11 is 0. The Labute approximate surface area is 154 Å². The molecule has 0 fully saturated rings. The SMILES string of the molecule is CCN(Cc1ccc(C(=O)NCCOC)cc1)S(=O)(=O)c1ccccc1. The summed E-state index contributed by atoms with van der Waals surface area (Å²) in [5.74, 6) is -0.183. The van der Waals surface area contributed by atoms with E-state index in [4.69, 9.17) is 4.74 Å². The highest BCUT2D eigenvalue weighted by Gasteiger charge is 2.22. The Morgan fingerprint density at radius 3 is 2.31 bits per heavy atom. The van der Waals surface area contributed by atoms with E-state index in [0.717, 1.165) is 5.56 Å². The van der Waals surface area contributed by atoms with Gasteiger partial charge in [-0.2, -0.15) is 4.31 Å². The van der Waals surface area contributed by atoms with Crippen LogP contribution in [0.25, 0.3) is 0 Å². The van der Waals surface area contributed by atoms with Gasteiger partial charge in [-0.05, 0) is 29.8 Å². The lowest BCUT2D eigenvalue weighted by Gasteiger charge is -2.20. The van der Waals surface area contributed by atoms with E-state index in [0.29, 0.717) is 25.3 Å². The molecule has 0 radical (unpaired) electrons. The van der Waals surface area contributed by atoms with Gasteiger partial charge in [0.25, 0.3) is 5.91 Å². The molecule has 0 heterocycles. The number of nitrogens with zero attached hydrogens (tertiary/aromatic N) is 1. The number of methoxy groups -OCH3 is 1. The van der Waals surface area contributed by atoms with Crippen LogP contribution in [0.4, 0.5) is 0 Å². The molecular weight excluding hydrogens is 352 g/mol.